The minimum atomic E-state index is -0.561. The molecule has 106 valence electrons. The Morgan fingerprint density at radius 2 is 2.16 bits per heavy atom. The minimum Gasteiger partial charge on any atom is -0.388 e. The van der Waals surface area contributed by atoms with E-state index in [9.17, 15) is 5.11 Å². The molecule has 1 aliphatic rings. The molecule has 1 aromatic heterocycles. The van der Waals surface area contributed by atoms with Crippen LogP contribution in [-0.4, -0.2) is 22.2 Å². The molecule has 0 atom stereocenters. The number of hydrogen-bond acceptors (Lipinski definition) is 3. The number of aryl methyl sites for hydroxylation is 1. The number of aliphatic hydroxyl groups is 1. The van der Waals surface area contributed by atoms with Gasteiger partial charge in [-0.25, -0.2) is 4.98 Å². The summed E-state index contributed by atoms with van der Waals surface area (Å²) in [7, 11) is 0. The molecular weight excluding hydrogens is 304 g/mol. The lowest BCUT2D eigenvalue weighted by atomic mass is 9.78. The Balaban J connectivity index is 1.89. The van der Waals surface area contributed by atoms with Crippen LogP contribution < -0.4 is 5.32 Å². The molecule has 0 amide bonds. The first-order valence-electron chi connectivity index (χ1n) is 7.11. The van der Waals surface area contributed by atoms with Gasteiger partial charge in [-0.1, -0.05) is 13.3 Å². The van der Waals surface area contributed by atoms with Gasteiger partial charge in [0.25, 0.3) is 0 Å². The lowest BCUT2D eigenvalue weighted by Gasteiger charge is -2.36. The number of nitrogens with zero attached hydrogens (tertiary/aromatic N) is 1. The van der Waals surface area contributed by atoms with Crippen molar-refractivity contribution in [1.29, 1.82) is 0 Å². The summed E-state index contributed by atoms with van der Waals surface area (Å²) in [6.45, 7) is 4.87. The zero-order valence-corrected chi connectivity index (χ0v) is 13.3. The van der Waals surface area contributed by atoms with Gasteiger partial charge < -0.3 is 10.4 Å². The second-order valence-electron chi connectivity index (χ2n) is 5.75. The highest BCUT2D eigenvalue weighted by Crippen LogP contribution is 2.33. The molecule has 0 spiro atoms. The van der Waals surface area contributed by atoms with E-state index in [1.54, 1.807) is 6.20 Å². The maximum atomic E-state index is 10.6. The fourth-order valence-electron chi connectivity index (χ4n) is 2.69. The van der Waals surface area contributed by atoms with E-state index in [0.717, 1.165) is 47.5 Å². The molecule has 3 nitrogen and oxygen atoms in total. The first kappa shape index (κ1) is 14.8. The highest BCUT2D eigenvalue weighted by atomic mass is 79.9. The highest BCUT2D eigenvalue weighted by molar-refractivity contribution is 9.10. The van der Waals surface area contributed by atoms with E-state index in [4.69, 9.17) is 0 Å². The fourth-order valence-corrected chi connectivity index (χ4v) is 2.91. The molecule has 2 rings (SSSR count). The van der Waals surface area contributed by atoms with Crippen molar-refractivity contribution >= 4 is 21.7 Å². The summed E-state index contributed by atoms with van der Waals surface area (Å²) >= 11 is 3.44. The van der Waals surface area contributed by atoms with Crippen molar-refractivity contribution < 1.29 is 5.11 Å². The van der Waals surface area contributed by atoms with Crippen LogP contribution in [0.25, 0.3) is 0 Å². The minimum absolute atomic E-state index is 0.561. The van der Waals surface area contributed by atoms with Crippen molar-refractivity contribution in [1.82, 2.24) is 4.98 Å². The number of halogens is 1. The predicted molar refractivity (Wildman–Crippen MR) is 82.4 cm³/mol. The van der Waals surface area contributed by atoms with Gasteiger partial charge in [-0.15, -0.1) is 0 Å². The van der Waals surface area contributed by atoms with Gasteiger partial charge in [-0.3, -0.25) is 0 Å². The molecule has 1 saturated carbocycles. The predicted octanol–water partition coefficient (Wildman–Crippen LogP) is 3.90. The monoisotopic (exact) mass is 326 g/mol. The number of anilines is 1. The quantitative estimate of drug-likeness (QED) is 0.882. The second kappa shape index (κ2) is 6.23. The molecule has 0 aliphatic heterocycles. The van der Waals surface area contributed by atoms with E-state index in [-0.39, 0.29) is 0 Å². The van der Waals surface area contributed by atoms with Crippen molar-refractivity contribution in [3.05, 3.63) is 22.3 Å². The molecule has 0 saturated heterocycles. The van der Waals surface area contributed by atoms with Crippen LogP contribution in [0, 0.1) is 12.8 Å². The molecule has 4 heteroatoms. The highest BCUT2D eigenvalue weighted by Gasteiger charge is 2.32. The van der Waals surface area contributed by atoms with Crippen molar-refractivity contribution in [3.63, 3.8) is 0 Å². The lowest BCUT2D eigenvalue weighted by Crippen LogP contribution is -2.40. The smallest absolute Gasteiger partial charge is 0.126 e. The van der Waals surface area contributed by atoms with Gasteiger partial charge in [0.05, 0.1) is 5.60 Å². The van der Waals surface area contributed by atoms with Crippen LogP contribution in [0.2, 0.25) is 0 Å². The average Bonchev–Trinajstić information content (AvgIpc) is 2.41. The fraction of sp³-hybridized carbons (Fsp3) is 0.667. The van der Waals surface area contributed by atoms with Crippen LogP contribution in [-0.2, 0) is 0 Å². The number of pyridine rings is 1. The van der Waals surface area contributed by atoms with Gasteiger partial charge in [0, 0.05) is 17.2 Å². The zero-order valence-electron chi connectivity index (χ0n) is 11.7. The Bertz CT molecular complexity index is 428. The third-order valence-corrected chi connectivity index (χ3v) is 5.09. The first-order valence-corrected chi connectivity index (χ1v) is 7.90. The van der Waals surface area contributed by atoms with Crippen molar-refractivity contribution in [2.24, 2.45) is 5.92 Å². The molecule has 19 heavy (non-hydrogen) atoms. The molecule has 0 unspecified atom stereocenters. The lowest BCUT2D eigenvalue weighted by molar-refractivity contribution is 0.00223. The average molecular weight is 327 g/mol. The normalized spacial score (nSPS) is 27.3. The van der Waals surface area contributed by atoms with Gasteiger partial charge in [0.2, 0.25) is 0 Å². The second-order valence-corrected chi connectivity index (χ2v) is 6.60. The Morgan fingerprint density at radius 1 is 1.47 bits per heavy atom. The Labute approximate surface area is 124 Å². The summed E-state index contributed by atoms with van der Waals surface area (Å²) in [5, 5.41) is 13.8. The molecule has 0 bridgehead atoms. The molecule has 2 N–H and O–H groups in total. The number of hydrogen-bond donors (Lipinski definition) is 2. The van der Waals surface area contributed by atoms with Gasteiger partial charge in [0.1, 0.15) is 5.82 Å². The van der Waals surface area contributed by atoms with E-state index >= 15 is 0 Å². The summed E-state index contributed by atoms with van der Waals surface area (Å²) in [6.07, 6.45) is 7.11. The van der Waals surface area contributed by atoms with Crippen LogP contribution in [0.3, 0.4) is 0 Å². The number of rotatable bonds is 4. The largest absolute Gasteiger partial charge is 0.388 e. The SMILES string of the molecule is CCC1CCC(O)(CNc2cc(C)c(Br)cn2)CC1. The van der Waals surface area contributed by atoms with Crippen LogP contribution in [0.5, 0.6) is 0 Å². The molecular formula is C15H23BrN2O. The third kappa shape index (κ3) is 3.93. The summed E-state index contributed by atoms with van der Waals surface area (Å²) in [4.78, 5) is 4.32. The maximum absolute atomic E-state index is 10.6. The molecule has 0 radical (unpaired) electrons. The Hall–Kier alpha value is -0.610. The number of aromatic nitrogens is 1. The summed E-state index contributed by atoms with van der Waals surface area (Å²) < 4.78 is 1.01. The van der Waals surface area contributed by atoms with Crippen molar-refractivity contribution in [2.45, 2.75) is 51.6 Å². The van der Waals surface area contributed by atoms with E-state index in [1.165, 1.54) is 6.42 Å². The van der Waals surface area contributed by atoms with Gasteiger partial charge >= 0.3 is 0 Å². The van der Waals surface area contributed by atoms with E-state index in [2.05, 4.69) is 33.2 Å². The maximum Gasteiger partial charge on any atom is 0.126 e. The summed E-state index contributed by atoms with van der Waals surface area (Å²) in [5.41, 5.74) is 0.591. The molecule has 0 aromatic carbocycles. The van der Waals surface area contributed by atoms with Crippen molar-refractivity contribution in [3.8, 4) is 0 Å². The molecule has 1 heterocycles. The van der Waals surface area contributed by atoms with Crippen molar-refractivity contribution in [2.75, 3.05) is 11.9 Å². The Morgan fingerprint density at radius 3 is 2.74 bits per heavy atom. The zero-order chi connectivity index (χ0) is 13.9. The van der Waals surface area contributed by atoms with Crippen LogP contribution >= 0.6 is 15.9 Å². The van der Waals surface area contributed by atoms with Gasteiger partial charge in [0.15, 0.2) is 0 Å². The molecule has 1 aromatic rings. The van der Waals surface area contributed by atoms with E-state index in [0.29, 0.717) is 6.54 Å². The van der Waals surface area contributed by atoms with Gasteiger partial charge in [-0.05, 0) is 66.1 Å². The third-order valence-electron chi connectivity index (χ3n) is 4.26. The molecule has 1 fully saturated rings. The standard InChI is InChI=1S/C15H23BrN2O/c1-3-12-4-6-15(19,7-5-12)10-18-14-8-11(2)13(16)9-17-14/h8-9,12,19H,3-7,10H2,1-2H3,(H,17,18). The summed E-state index contributed by atoms with van der Waals surface area (Å²) in [6, 6.07) is 2.01. The van der Waals surface area contributed by atoms with Crippen LogP contribution in [0.1, 0.15) is 44.6 Å². The summed E-state index contributed by atoms with van der Waals surface area (Å²) in [5.74, 6) is 1.64. The van der Waals surface area contributed by atoms with Crippen LogP contribution in [0.4, 0.5) is 5.82 Å². The molecule has 1 aliphatic carbocycles. The number of nitrogens with one attached hydrogen (secondary N) is 1. The van der Waals surface area contributed by atoms with Crippen LogP contribution in [0.15, 0.2) is 16.7 Å². The topological polar surface area (TPSA) is 45.1 Å². The van der Waals surface area contributed by atoms with Gasteiger partial charge in [-0.2, -0.15) is 0 Å². The van der Waals surface area contributed by atoms with E-state index in [1.807, 2.05) is 13.0 Å². The first-order chi connectivity index (χ1) is 9.02. The van der Waals surface area contributed by atoms with E-state index < -0.39 is 5.60 Å². The Kier molecular flexibility index (Phi) is 4.85.